The van der Waals surface area contributed by atoms with Gasteiger partial charge >= 0.3 is 0 Å². The monoisotopic (exact) mass is 626 g/mol. The first kappa shape index (κ1) is 24.7. The van der Waals surface area contributed by atoms with Crippen molar-refractivity contribution in [1.29, 1.82) is 0 Å². The molecule has 0 aliphatic rings. The van der Waals surface area contributed by atoms with Gasteiger partial charge in [-0.25, -0.2) is 17.6 Å². The molecule has 4 aromatic heterocycles. The smallest absolute Gasteiger partial charge is 0.171 e. The number of halogens is 4. The summed E-state index contributed by atoms with van der Waals surface area (Å²) in [7, 11) is 0. The van der Waals surface area contributed by atoms with Crippen LogP contribution in [-0.2, 0) is 0 Å². The van der Waals surface area contributed by atoms with Gasteiger partial charge in [-0.15, -0.1) is 45.3 Å². The van der Waals surface area contributed by atoms with Crippen LogP contribution in [0.4, 0.5) is 17.6 Å². The molecular formula is C34H14F4S4. The summed E-state index contributed by atoms with van der Waals surface area (Å²) in [6, 6.07) is 23.4. The van der Waals surface area contributed by atoms with E-state index in [0.717, 1.165) is 84.6 Å². The minimum Gasteiger partial charge on any atom is -0.203 e. The Balaban J connectivity index is 1.19. The standard InChI is InChI=1S/C34H14F4S4/c35-31-29(27-13-21-7-19-9-23-15(1-3-39-23)5-17(19)11-25(21)41-27)32(36)34(38)30(33(31)37)28-14-22-8-20-10-24-16(2-4-40-24)6-18(20)12-26(22)42-28/h1-14H. The third-order valence-corrected chi connectivity index (χ3v) is 11.8. The average molecular weight is 627 g/mol. The van der Waals surface area contributed by atoms with Crippen LogP contribution in [0, 0.1) is 23.3 Å². The molecule has 0 saturated heterocycles. The van der Waals surface area contributed by atoms with Gasteiger partial charge in [-0.05, 0) is 127 Å². The number of fused-ring (bicyclic) bond motifs is 6. The minimum atomic E-state index is -1.39. The molecule has 0 aliphatic heterocycles. The molecule has 0 nitrogen and oxygen atoms in total. The first-order chi connectivity index (χ1) is 20.4. The van der Waals surface area contributed by atoms with E-state index in [-0.39, 0.29) is 9.75 Å². The lowest BCUT2D eigenvalue weighted by Crippen LogP contribution is -2.02. The van der Waals surface area contributed by atoms with E-state index in [0.29, 0.717) is 0 Å². The van der Waals surface area contributed by atoms with Gasteiger partial charge in [0.25, 0.3) is 0 Å². The van der Waals surface area contributed by atoms with E-state index in [1.807, 2.05) is 47.2 Å². The van der Waals surface area contributed by atoms with Crippen LogP contribution in [-0.4, -0.2) is 0 Å². The van der Waals surface area contributed by atoms with Crippen molar-refractivity contribution in [2.75, 3.05) is 0 Å². The van der Waals surface area contributed by atoms with Crippen LogP contribution in [0.1, 0.15) is 0 Å². The van der Waals surface area contributed by atoms with E-state index in [1.54, 1.807) is 34.8 Å². The van der Waals surface area contributed by atoms with E-state index in [9.17, 15) is 0 Å². The maximum absolute atomic E-state index is 15.7. The van der Waals surface area contributed by atoms with Gasteiger partial charge in [0.15, 0.2) is 23.3 Å². The van der Waals surface area contributed by atoms with Crippen molar-refractivity contribution in [3.63, 3.8) is 0 Å². The summed E-state index contributed by atoms with van der Waals surface area (Å²) in [4.78, 5) is 0.285. The minimum absolute atomic E-state index is 0.143. The van der Waals surface area contributed by atoms with Gasteiger partial charge in [-0.2, -0.15) is 0 Å². The molecule has 0 amide bonds. The zero-order valence-corrected chi connectivity index (χ0v) is 24.5. The molecule has 0 unspecified atom stereocenters. The molecule has 0 bridgehead atoms. The third kappa shape index (κ3) is 3.56. The first-order valence-electron chi connectivity index (χ1n) is 13.0. The van der Waals surface area contributed by atoms with Gasteiger partial charge in [-0.1, -0.05) is 0 Å². The van der Waals surface area contributed by atoms with Crippen LogP contribution in [0.5, 0.6) is 0 Å². The van der Waals surface area contributed by atoms with Gasteiger partial charge in [0.1, 0.15) is 0 Å². The summed E-state index contributed by atoms with van der Waals surface area (Å²) in [6.45, 7) is 0. The predicted molar refractivity (Wildman–Crippen MR) is 174 cm³/mol. The zero-order chi connectivity index (χ0) is 28.3. The van der Waals surface area contributed by atoms with Crippen molar-refractivity contribution in [2.45, 2.75) is 0 Å². The van der Waals surface area contributed by atoms with Crippen molar-refractivity contribution >= 4 is 107 Å². The largest absolute Gasteiger partial charge is 0.203 e. The average Bonchev–Trinajstić information content (AvgIpc) is 3.77. The van der Waals surface area contributed by atoms with E-state index in [4.69, 9.17) is 0 Å². The highest BCUT2D eigenvalue weighted by Gasteiger charge is 2.29. The van der Waals surface area contributed by atoms with Crippen LogP contribution in [0.3, 0.4) is 0 Å². The number of benzene rings is 5. The fourth-order valence-electron chi connectivity index (χ4n) is 5.80. The Kier molecular flexibility index (Phi) is 5.21. The second kappa shape index (κ2) is 8.84. The normalized spacial score (nSPS) is 12.3. The molecule has 4 heterocycles. The van der Waals surface area contributed by atoms with Crippen LogP contribution in [0.2, 0.25) is 0 Å². The molecule has 42 heavy (non-hydrogen) atoms. The fourth-order valence-corrected chi connectivity index (χ4v) is 9.69. The molecule has 0 saturated carbocycles. The maximum atomic E-state index is 15.7. The molecule has 9 rings (SSSR count). The summed E-state index contributed by atoms with van der Waals surface area (Å²) in [5.41, 5.74) is -1.35. The Labute approximate surface area is 251 Å². The summed E-state index contributed by atoms with van der Waals surface area (Å²) >= 11 is 5.52. The highest BCUT2D eigenvalue weighted by molar-refractivity contribution is 7.22. The second-order valence-corrected chi connectivity index (χ2v) is 14.4. The fraction of sp³-hybridized carbons (Fsp3) is 0. The molecule has 8 heteroatoms. The lowest BCUT2D eigenvalue weighted by atomic mass is 10.0. The molecule has 0 fully saturated rings. The first-order valence-corrected chi connectivity index (χ1v) is 16.4. The molecule has 202 valence electrons. The van der Waals surface area contributed by atoms with Crippen molar-refractivity contribution in [3.05, 3.63) is 107 Å². The van der Waals surface area contributed by atoms with Crippen molar-refractivity contribution < 1.29 is 17.6 Å². The van der Waals surface area contributed by atoms with Gasteiger partial charge in [0.05, 0.1) is 11.1 Å². The Bertz CT molecular complexity index is 2240. The van der Waals surface area contributed by atoms with E-state index < -0.39 is 34.4 Å². The highest BCUT2D eigenvalue weighted by atomic mass is 32.1. The Morgan fingerprint density at radius 2 is 0.714 bits per heavy atom. The summed E-state index contributed by atoms with van der Waals surface area (Å²) in [5.74, 6) is -5.54. The number of hydrogen-bond donors (Lipinski definition) is 0. The van der Waals surface area contributed by atoms with Crippen LogP contribution in [0.15, 0.2) is 83.6 Å². The maximum Gasteiger partial charge on any atom is 0.171 e. The van der Waals surface area contributed by atoms with E-state index >= 15 is 17.6 Å². The molecule has 0 spiro atoms. The van der Waals surface area contributed by atoms with Gasteiger partial charge in [0.2, 0.25) is 0 Å². The Morgan fingerprint density at radius 3 is 1.12 bits per heavy atom. The molecule has 0 aliphatic carbocycles. The molecular weight excluding hydrogens is 613 g/mol. The van der Waals surface area contributed by atoms with Crippen LogP contribution >= 0.6 is 45.3 Å². The number of hydrogen-bond acceptors (Lipinski definition) is 4. The Hall–Kier alpha value is -3.82. The van der Waals surface area contributed by atoms with Crippen molar-refractivity contribution in [2.24, 2.45) is 0 Å². The molecule has 0 atom stereocenters. The molecule has 0 radical (unpaired) electrons. The van der Waals surface area contributed by atoms with Crippen molar-refractivity contribution in [1.82, 2.24) is 0 Å². The quantitative estimate of drug-likeness (QED) is 0.132. The number of rotatable bonds is 2. The molecule has 0 N–H and O–H groups in total. The van der Waals surface area contributed by atoms with Gasteiger partial charge in [0, 0.05) is 28.6 Å². The Morgan fingerprint density at radius 1 is 0.357 bits per heavy atom. The summed E-state index contributed by atoms with van der Waals surface area (Å²) in [5, 5.41) is 11.8. The predicted octanol–water partition coefficient (Wildman–Crippen LogP) is 12.7. The van der Waals surface area contributed by atoms with E-state index in [1.165, 1.54) is 0 Å². The zero-order valence-electron chi connectivity index (χ0n) is 21.2. The lowest BCUT2D eigenvalue weighted by molar-refractivity contribution is 0.463. The topological polar surface area (TPSA) is 0 Å². The van der Waals surface area contributed by atoms with Crippen molar-refractivity contribution in [3.8, 4) is 20.9 Å². The SMILES string of the molecule is Fc1c(F)c(-c2cc3cc4cc5sccc5cc4cc3s2)c(F)c(F)c1-c1cc2cc3cc4sccc4cc3cc2s1. The molecule has 5 aromatic carbocycles. The highest BCUT2D eigenvalue weighted by Crippen LogP contribution is 2.45. The van der Waals surface area contributed by atoms with E-state index in [2.05, 4.69) is 24.3 Å². The number of thiophene rings is 4. The molecule has 9 aromatic rings. The summed E-state index contributed by atoms with van der Waals surface area (Å²) in [6.07, 6.45) is 0. The summed E-state index contributed by atoms with van der Waals surface area (Å²) < 4.78 is 66.5. The second-order valence-electron chi connectivity index (χ2n) is 10.3. The van der Waals surface area contributed by atoms with Gasteiger partial charge < -0.3 is 0 Å². The van der Waals surface area contributed by atoms with Crippen LogP contribution < -0.4 is 0 Å². The van der Waals surface area contributed by atoms with Gasteiger partial charge in [-0.3, -0.25) is 0 Å². The third-order valence-electron chi connectivity index (χ3n) is 7.85. The lowest BCUT2D eigenvalue weighted by Gasteiger charge is -2.10. The van der Waals surface area contributed by atoms with Crippen LogP contribution in [0.25, 0.3) is 82.8 Å².